The van der Waals surface area contributed by atoms with Gasteiger partial charge in [-0.3, -0.25) is 4.79 Å². The van der Waals surface area contributed by atoms with Gasteiger partial charge in [0, 0.05) is 11.1 Å². The summed E-state index contributed by atoms with van der Waals surface area (Å²) in [5.41, 5.74) is 4.72. The molecular weight excluding hydrogens is 328 g/mol. The second-order valence-corrected chi connectivity index (χ2v) is 5.73. The summed E-state index contributed by atoms with van der Waals surface area (Å²) in [7, 11) is 3.17. The average Bonchev–Trinajstić information content (AvgIpc) is 2.70. The lowest BCUT2D eigenvalue weighted by molar-refractivity contribution is 0.0956. The molecule has 0 aliphatic carbocycles. The fourth-order valence-corrected chi connectivity index (χ4v) is 2.74. The number of carbonyl (C=O) groups is 1. The Morgan fingerprint density at radius 3 is 2.42 bits per heavy atom. The summed E-state index contributed by atoms with van der Waals surface area (Å²) >= 11 is 0. The zero-order valence-corrected chi connectivity index (χ0v) is 14.9. The molecule has 5 heteroatoms. The Hall–Kier alpha value is -3.34. The van der Waals surface area contributed by atoms with Gasteiger partial charge in [-0.2, -0.15) is 5.10 Å². The molecule has 0 atom stereocenters. The number of hydrogen-bond acceptors (Lipinski definition) is 4. The van der Waals surface area contributed by atoms with Gasteiger partial charge in [0.05, 0.1) is 19.9 Å². The standard InChI is InChI=1S/C21H20N2O3/c1-14(16-11-12-19(25-2)20(13-16)26-3)22-23-21(24)18-10-6-8-15-7-4-5-9-17(15)18/h4-13H,1-3H3,(H,23,24)/b22-14-. The van der Waals surface area contributed by atoms with Crippen molar-refractivity contribution >= 4 is 22.4 Å². The molecule has 0 fully saturated rings. The molecule has 0 unspecified atom stereocenters. The van der Waals surface area contributed by atoms with Crippen molar-refractivity contribution < 1.29 is 14.3 Å². The van der Waals surface area contributed by atoms with Gasteiger partial charge in [0.2, 0.25) is 0 Å². The predicted octanol–water partition coefficient (Wildman–Crippen LogP) is 4.01. The lowest BCUT2D eigenvalue weighted by Crippen LogP contribution is -2.19. The van der Waals surface area contributed by atoms with Crippen LogP contribution in [-0.4, -0.2) is 25.8 Å². The molecule has 1 amide bonds. The molecule has 3 aromatic carbocycles. The first-order valence-corrected chi connectivity index (χ1v) is 8.19. The van der Waals surface area contributed by atoms with E-state index in [9.17, 15) is 4.79 Å². The van der Waals surface area contributed by atoms with Gasteiger partial charge in [-0.15, -0.1) is 0 Å². The average molecular weight is 348 g/mol. The predicted molar refractivity (Wildman–Crippen MR) is 103 cm³/mol. The van der Waals surface area contributed by atoms with E-state index < -0.39 is 0 Å². The summed E-state index contributed by atoms with van der Waals surface area (Å²) in [6.07, 6.45) is 0. The number of amides is 1. The van der Waals surface area contributed by atoms with Crippen LogP contribution in [0.4, 0.5) is 0 Å². The van der Waals surface area contributed by atoms with Crippen LogP contribution in [0.25, 0.3) is 10.8 Å². The molecule has 0 radical (unpaired) electrons. The lowest BCUT2D eigenvalue weighted by atomic mass is 10.0. The van der Waals surface area contributed by atoms with E-state index in [0.29, 0.717) is 22.8 Å². The Morgan fingerprint density at radius 1 is 0.923 bits per heavy atom. The summed E-state index contributed by atoms with van der Waals surface area (Å²) < 4.78 is 10.5. The van der Waals surface area contributed by atoms with Crippen LogP contribution in [-0.2, 0) is 0 Å². The van der Waals surface area contributed by atoms with E-state index in [1.54, 1.807) is 26.4 Å². The Bertz CT molecular complexity index is 975. The molecular formula is C21H20N2O3. The van der Waals surface area contributed by atoms with Gasteiger partial charge < -0.3 is 9.47 Å². The lowest BCUT2D eigenvalue weighted by Gasteiger charge is -2.10. The summed E-state index contributed by atoms with van der Waals surface area (Å²) in [4.78, 5) is 12.6. The number of nitrogens with one attached hydrogen (secondary N) is 1. The maximum absolute atomic E-state index is 12.6. The number of methoxy groups -OCH3 is 2. The van der Waals surface area contributed by atoms with Gasteiger partial charge in [0.25, 0.3) is 5.91 Å². The van der Waals surface area contributed by atoms with Crippen LogP contribution in [0.2, 0.25) is 0 Å². The minimum atomic E-state index is -0.248. The first-order chi connectivity index (χ1) is 12.6. The topological polar surface area (TPSA) is 59.9 Å². The van der Waals surface area contributed by atoms with E-state index >= 15 is 0 Å². The molecule has 0 saturated heterocycles. The summed E-state index contributed by atoms with van der Waals surface area (Å²) in [6.45, 7) is 1.82. The molecule has 0 saturated carbocycles. The number of carbonyl (C=O) groups excluding carboxylic acids is 1. The van der Waals surface area contributed by atoms with E-state index in [1.165, 1.54) is 0 Å². The number of benzene rings is 3. The number of hydrogen-bond donors (Lipinski definition) is 1. The van der Waals surface area contributed by atoms with Gasteiger partial charge in [0.1, 0.15) is 0 Å². The molecule has 0 aliphatic rings. The largest absolute Gasteiger partial charge is 0.493 e. The molecule has 0 spiro atoms. The normalized spacial score (nSPS) is 11.3. The van der Waals surface area contributed by atoms with Crippen molar-refractivity contribution in [3.63, 3.8) is 0 Å². The van der Waals surface area contributed by atoms with Crippen molar-refractivity contribution in [2.24, 2.45) is 5.10 Å². The fourth-order valence-electron chi connectivity index (χ4n) is 2.74. The van der Waals surface area contributed by atoms with E-state index in [1.807, 2.05) is 55.5 Å². The first kappa shape index (κ1) is 17.5. The quantitative estimate of drug-likeness (QED) is 0.560. The van der Waals surface area contributed by atoms with Crippen molar-refractivity contribution in [2.75, 3.05) is 14.2 Å². The molecule has 0 bridgehead atoms. The van der Waals surface area contributed by atoms with Gasteiger partial charge in [-0.25, -0.2) is 5.43 Å². The Balaban J connectivity index is 1.83. The van der Waals surface area contributed by atoms with E-state index in [-0.39, 0.29) is 5.91 Å². The molecule has 3 aromatic rings. The zero-order chi connectivity index (χ0) is 18.5. The van der Waals surface area contributed by atoms with Crippen molar-refractivity contribution in [2.45, 2.75) is 6.92 Å². The highest BCUT2D eigenvalue weighted by molar-refractivity contribution is 6.08. The Labute approximate surface area is 152 Å². The third kappa shape index (κ3) is 3.52. The highest BCUT2D eigenvalue weighted by Crippen LogP contribution is 2.27. The molecule has 0 heterocycles. The number of nitrogens with zero attached hydrogens (tertiary/aromatic N) is 1. The van der Waals surface area contributed by atoms with Gasteiger partial charge >= 0.3 is 0 Å². The maximum atomic E-state index is 12.6. The SMILES string of the molecule is COc1ccc(/C(C)=N\NC(=O)c2cccc3ccccc23)cc1OC. The van der Waals surface area contributed by atoms with Crippen LogP contribution in [0, 0.1) is 0 Å². The molecule has 26 heavy (non-hydrogen) atoms. The second kappa shape index (κ2) is 7.70. The van der Waals surface area contributed by atoms with E-state index in [4.69, 9.17) is 9.47 Å². The van der Waals surface area contributed by atoms with Crippen molar-refractivity contribution in [3.8, 4) is 11.5 Å². The number of ether oxygens (including phenoxy) is 2. The maximum Gasteiger partial charge on any atom is 0.272 e. The van der Waals surface area contributed by atoms with E-state index in [0.717, 1.165) is 16.3 Å². The van der Waals surface area contributed by atoms with Gasteiger partial charge in [-0.05, 0) is 42.0 Å². The van der Waals surface area contributed by atoms with Crippen LogP contribution in [0.5, 0.6) is 11.5 Å². The van der Waals surface area contributed by atoms with Crippen molar-refractivity contribution in [1.82, 2.24) is 5.43 Å². The first-order valence-electron chi connectivity index (χ1n) is 8.19. The molecule has 5 nitrogen and oxygen atoms in total. The molecule has 3 rings (SSSR count). The minimum Gasteiger partial charge on any atom is -0.493 e. The fraction of sp³-hybridized carbons (Fsp3) is 0.143. The number of fused-ring (bicyclic) bond motifs is 1. The number of rotatable bonds is 5. The van der Waals surface area contributed by atoms with Crippen LogP contribution in [0.1, 0.15) is 22.8 Å². The minimum absolute atomic E-state index is 0.248. The molecule has 0 aliphatic heterocycles. The highest BCUT2D eigenvalue weighted by atomic mass is 16.5. The van der Waals surface area contributed by atoms with Crippen LogP contribution < -0.4 is 14.9 Å². The molecule has 132 valence electrons. The van der Waals surface area contributed by atoms with Crippen LogP contribution in [0.3, 0.4) is 0 Å². The second-order valence-electron chi connectivity index (χ2n) is 5.73. The van der Waals surface area contributed by atoms with Gasteiger partial charge in [-0.1, -0.05) is 36.4 Å². The van der Waals surface area contributed by atoms with Crippen LogP contribution >= 0.6 is 0 Å². The third-order valence-electron chi connectivity index (χ3n) is 4.16. The molecule has 1 N–H and O–H groups in total. The van der Waals surface area contributed by atoms with E-state index in [2.05, 4.69) is 10.5 Å². The monoisotopic (exact) mass is 348 g/mol. The number of hydrazone groups is 1. The molecule has 0 aromatic heterocycles. The highest BCUT2D eigenvalue weighted by Gasteiger charge is 2.10. The van der Waals surface area contributed by atoms with Crippen molar-refractivity contribution in [1.29, 1.82) is 0 Å². The smallest absolute Gasteiger partial charge is 0.272 e. The Morgan fingerprint density at radius 2 is 1.65 bits per heavy atom. The summed E-state index contributed by atoms with van der Waals surface area (Å²) in [5.74, 6) is 1.00. The van der Waals surface area contributed by atoms with Crippen LogP contribution in [0.15, 0.2) is 65.8 Å². The van der Waals surface area contributed by atoms with Crippen molar-refractivity contribution in [3.05, 3.63) is 71.8 Å². The third-order valence-corrected chi connectivity index (χ3v) is 4.16. The zero-order valence-electron chi connectivity index (χ0n) is 14.9. The Kier molecular flexibility index (Phi) is 5.17. The van der Waals surface area contributed by atoms with Gasteiger partial charge in [0.15, 0.2) is 11.5 Å². The summed E-state index contributed by atoms with van der Waals surface area (Å²) in [6, 6.07) is 18.9. The summed E-state index contributed by atoms with van der Waals surface area (Å²) in [5, 5.41) is 6.14.